The van der Waals surface area contributed by atoms with E-state index in [1.54, 1.807) is 0 Å². The molecule has 0 aromatic rings. The maximum atomic E-state index is 2.38. The van der Waals surface area contributed by atoms with E-state index in [0.29, 0.717) is 0 Å². The van der Waals surface area contributed by atoms with Gasteiger partial charge in [-0.15, -0.1) is 0 Å². The molecular weight excluding hydrogens is 146 g/mol. The molecule has 1 heteroatoms. The average Bonchev–Trinajstić information content (AvgIpc) is 2.09. The minimum atomic E-state index is 1.10. The van der Waals surface area contributed by atoms with Crippen molar-refractivity contribution >= 4 is 0 Å². The molecule has 0 bridgehead atoms. The zero-order valence-corrected chi connectivity index (χ0v) is 8.21. The summed E-state index contributed by atoms with van der Waals surface area (Å²) in [4.78, 5) is 2.38. The number of allylic oxidation sites excluding steroid dienone is 2. The van der Waals surface area contributed by atoms with Gasteiger partial charge in [0, 0.05) is 13.1 Å². The fourth-order valence-corrected chi connectivity index (χ4v) is 1.34. The van der Waals surface area contributed by atoms with Gasteiger partial charge in [0.1, 0.15) is 0 Å². The highest BCUT2D eigenvalue weighted by Gasteiger charge is 2.00. The number of hydrogen-bond acceptors (Lipinski definition) is 1. The molecule has 1 aliphatic heterocycles. The molecule has 0 spiro atoms. The van der Waals surface area contributed by atoms with Crippen molar-refractivity contribution in [3.8, 4) is 0 Å². The molecule has 1 aliphatic rings. The van der Waals surface area contributed by atoms with Crippen molar-refractivity contribution in [2.24, 2.45) is 0 Å². The lowest BCUT2D eigenvalue weighted by Crippen LogP contribution is -2.20. The van der Waals surface area contributed by atoms with Crippen LogP contribution in [0.3, 0.4) is 0 Å². The second-order valence-electron chi connectivity index (χ2n) is 3.47. The van der Waals surface area contributed by atoms with Crippen LogP contribution in [-0.4, -0.2) is 18.0 Å². The van der Waals surface area contributed by atoms with Crippen LogP contribution in [0.4, 0.5) is 0 Å². The number of unbranched alkanes of at least 4 members (excludes halogenated alkanes) is 2. The quantitative estimate of drug-likeness (QED) is 0.579. The van der Waals surface area contributed by atoms with Crippen LogP contribution < -0.4 is 0 Å². The molecule has 1 rings (SSSR count). The van der Waals surface area contributed by atoms with Crippen molar-refractivity contribution in [2.75, 3.05) is 13.1 Å². The van der Waals surface area contributed by atoms with Crippen molar-refractivity contribution in [3.63, 3.8) is 0 Å². The Morgan fingerprint density at radius 1 is 1.42 bits per heavy atom. The molecule has 0 aromatic carbocycles. The highest BCUT2D eigenvalue weighted by Crippen LogP contribution is 2.07. The highest BCUT2D eigenvalue weighted by molar-refractivity contribution is 5.19. The molecule has 0 radical (unpaired) electrons. The molecule has 0 atom stereocenters. The number of hydrogen-bond donors (Lipinski definition) is 0. The minimum absolute atomic E-state index is 1.10. The van der Waals surface area contributed by atoms with E-state index in [1.807, 2.05) is 0 Å². The molecule has 0 aliphatic carbocycles. The lowest BCUT2D eigenvalue weighted by Gasteiger charge is -2.21. The number of rotatable bonds is 4. The third-order valence-corrected chi connectivity index (χ3v) is 2.24. The molecule has 0 aromatic heterocycles. The van der Waals surface area contributed by atoms with E-state index in [9.17, 15) is 0 Å². The van der Waals surface area contributed by atoms with Crippen LogP contribution >= 0.6 is 0 Å². The zero-order chi connectivity index (χ0) is 8.81. The summed E-state index contributed by atoms with van der Waals surface area (Å²) in [6.07, 6.45) is 10.7. The summed E-state index contributed by atoms with van der Waals surface area (Å²) in [6, 6.07) is 0. The summed E-state index contributed by atoms with van der Waals surface area (Å²) in [5.41, 5.74) is 1.39. The summed E-state index contributed by atoms with van der Waals surface area (Å²) >= 11 is 0. The Morgan fingerprint density at radius 3 is 2.83 bits per heavy atom. The molecule has 1 nitrogen and oxygen atoms in total. The van der Waals surface area contributed by atoms with E-state index in [2.05, 4.69) is 37.1 Å². The van der Waals surface area contributed by atoms with E-state index in [1.165, 1.54) is 31.4 Å². The lowest BCUT2D eigenvalue weighted by molar-refractivity contribution is 0.395. The third kappa shape index (κ3) is 3.12. The fourth-order valence-electron chi connectivity index (χ4n) is 1.34. The normalized spacial score (nSPS) is 16.5. The van der Waals surface area contributed by atoms with Gasteiger partial charge in [-0.25, -0.2) is 0 Å². The Kier molecular flexibility index (Phi) is 3.92. The van der Waals surface area contributed by atoms with Gasteiger partial charge in [0.05, 0.1) is 0 Å². The van der Waals surface area contributed by atoms with Crippen LogP contribution in [0.15, 0.2) is 23.9 Å². The van der Waals surface area contributed by atoms with Gasteiger partial charge in [0.25, 0.3) is 0 Å². The Bertz CT molecular complexity index is 179. The molecule has 68 valence electrons. The topological polar surface area (TPSA) is 3.24 Å². The van der Waals surface area contributed by atoms with E-state index < -0.39 is 0 Å². The van der Waals surface area contributed by atoms with E-state index in [0.717, 1.165) is 6.54 Å². The van der Waals surface area contributed by atoms with Crippen LogP contribution in [0.2, 0.25) is 0 Å². The summed E-state index contributed by atoms with van der Waals surface area (Å²) in [5, 5.41) is 0. The Labute approximate surface area is 75.8 Å². The first-order chi connectivity index (χ1) is 5.83. The van der Waals surface area contributed by atoms with Crippen LogP contribution in [0, 0.1) is 0 Å². The zero-order valence-electron chi connectivity index (χ0n) is 8.21. The molecular formula is C11H19N. The molecule has 0 fully saturated rings. The molecule has 0 saturated heterocycles. The summed E-state index contributed by atoms with van der Waals surface area (Å²) in [7, 11) is 0. The molecule has 0 saturated carbocycles. The standard InChI is InChI=1S/C11H19N/c1-3-4-5-8-12-9-6-11(2)7-10-12/h6-7,9H,3-5,8,10H2,1-2H3. The van der Waals surface area contributed by atoms with Crippen LogP contribution in [0.5, 0.6) is 0 Å². The Hall–Kier alpha value is -0.720. The fraction of sp³-hybridized carbons (Fsp3) is 0.636. The maximum Gasteiger partial charge on any atom is 0.0359 e. The predicted molar refractivity (Wildman–Crippen MR) is 54.0 cm³/mol. The first-order valence-electron chi connectivity index (χ1n) is 4.92. The second kappa shape index (κ2) is 5.02. The summed E-state index contributed by atoms with van der Waals surface area (Å²) in [6.45, 7) is 6.72. The van der Waals surface area contributed by atoms with Gasteiger partial charge in [-0.05, 0) is 25.6 Å². The maximum absolute atomic E-state index is 2.38. The van der Waals surface area contributed by atoms with Crippen molar-refractivity contribution < 1.29 is 0 Å². The van der Waals surface area contributed by atoms with Crippen molar-refractivity contribution in [3.05, 3.63) is 23.9 Å². The van der Waals surface area contributed by atoms with Gasteiger partial charge >= 0.3 is 0 Å². The van der Waals surface area contributed by atoms with Crippen molar-refractivity contribution in [2.45, 2.75) is 33.1 Å². The Balaban J connectivity index is 2.16. The highest BCUT2D eigenvalue weighted by atomic mass is 15.1. The SMILES string of the molecule is CCCCCN1C=CC(C)=CC1. The van der Waals surface area contributed by atoms with Gasteiger partial charge in [-0.2, -0.15) is 0 Å². The third-order valence-electron chi connectivity index (χ3n) is 2.24. The Morgan fingerprint density at radius 2 is 2.25 bits per heavy atom. The van der Waals surface area contributed by atoms with Crippen LogP contribution in [0.1, 0.15) is 33.1 Å². The van der Waals surface area contributed by atoms with E-state index in [-0.39, 0.29) is 0 Å². The van der Waals surface area contributed by atoms with E-state index in [4.69, 9.17) is 0 Å². The van der Waals surface area contributed by atoms with Crippen LogP contribution in [0.25, 0.3) is 0 Å². The van der Waals surface area contributed by atoms with E-state index >= 15 is 0 Å². The average molecular weight is 165 g/mol. The monoisotopic (exact) mass is 165 g/mol. The molecule has 1 heterocycles. The second-order valence-corrected chi connectivity index (χ2v) is 3.47. The predicted octanol–water partition coefficient (Wildman–Crippen LogP) is 2.95. The van der Waals surface area contributed by atoms with Gasteiger partial charge in [0.2, 0.25) is 0 Å². The first kappa shape index (κ1) is 9.37. The molecule has 12 heavy (non-hydrogen) atoms. The van der Waals surface area contributed by atoms with Crippen molar-refractivity contribution in [1.82, 2.24) is 4.90 Å². The van der Waals surface area contributed by atoms with Gasteiger partial charge in [-0.3, -0.25) is 0 Å². The summed E-state index contributed by atoms with van der Waals surface area (Å²) < 4.78 is 0. The molecule has 0 unspecified atom stereocenters. The van der Waals surface area contributed by atoms with Crippen LogP contribution in [-0.2, 0) is 0 Å². The van der Waals surface area contributed by atoms with Gasteiger partial charge in [0.15, 0.2) is 0 Å². The minimum Gasteiger partial charge on any atom is -0.374 e. The molecule has 0 N–H and O–H groups in total. The first-order valence-corrected chi connectivity index (χ1v) is 4.92. The summed E-state index contributed by atoms with van der Waals surface area (Å²) in [5.74, 6) is 0. The smallest absolute Gasteiger partial charge is 0.0359 e. The van der Waals surface area contributed by atoms with Gasteiger partial charge in [-0.1, -0.05) is 31.4 Å². The van der Waals surface area contributed by atoms with Gasteiger partial charge < -0.3 is 4.90 Å². The number of nitrogens with zero attached hydrogens (tertiary/aromatic N) is 1. The largest absolute Gasteiger partial charge is 0.374 e. The molecule has 0 amide bonds. The van der Waals surface area contributed by atoms with Crippen molar-refractivity contribution in [1.29, 1.82) is 0 Å². The lowest BCUT2D eigenvalue weighted by atomic mass is 10.2.